The summed E-state index contributed by atoms with van der Waals surface area (Å²) in [4.78, 5) is 36.2. The lowest BCUT2D eigenvalue weighted by Crippen LogP contribution is -2.44. The molecule has 1 aromatic heterocycles. The Morgan fingerprint density at radius 1 is 1.14 bits per heavy atom. The number of aromatic nitrogens is 1. The van der Waals surface area contributed by atoms with Crippen LogP contribution in [0.25, 0.3) is 0 Å². The lowest BCUT2D eigenvalue weighted by atomic mass is 9.85. The predicted molar refractivity (Wildman–Crippen MR) is 107 cm³/mol. The van der Waals surface area contributed by atoms with Crippen LogP contribution in [0.1, 0.15) is 12.8 Å². The molecule has 4 heterocycles. The molecule has 1 aromatic rings. The monoisotopic (exact) mass is 404 g/mol. The molecule has 0 aliphatic carbocycles. The zero-order chi connectivity index (χ0) is 19.4. The van der Waals surface area contributed by atoms with Gasteiger partial charge in [-0.25, -0.2) is 4.98 Å². The second kappa shape index (κ2) is 8.80. The van der Waals surface area contributed by atoms with E-state index in [0.29, 0.717) is 18.8 Å². The number of amides is 2. The molecule has 2 amide bonds. The molecular weight excluding hydrogens is 376 g/mol. The van der Waals surface area contributed by atoms with Gasteiger partial charge in [-0.2, -0.15) is 0 Å². The van der Waals surface area contributed by atoms with E-state index in [0.717, 1.165) is 63.8 Å². The van der Waals surface area contributed by atoms with Crippen LogP contribution in [-0.2, 0) is 14.3 Å². The molecule has 1 spiro atoms. The zero-order valence-corrected chi connectivity index (χ0v) is 17.0. The summed E-state index contributed by atoms with van der Waals surface area (Å²) < 4.78 is 5.39. The van der Waals surface area contributed by atoms with Crippen LogP contribution in [0.15, 0.2) is 29.4 Å². The van der Waals surface area contributed by atoms with Gasteiger partial charge in [-0.1, -0.05) is 17.8 Å². The lowest BCUT2D eigenvalue weighted by molar-refractivity contribution is -0.136. The summed E-state index contributed by atoms with van der Waals surface area (Å²) in [6, 6.07) is 5.70. The smallest absolute Gasteiger partial charge is 0.233 e. The maximum Gasteiger partial charge on any atom is 0.233 e. The summed E-state index contributed by atoms with van der Waals surface area (Å²) in [5.41, 5.74) is -0.351. The standard InChI is InChI=1S/C20H28N4O3S/c25-18(15-28-17-3-1-2-6-21-17)24-8-5-20(16-24)4-7-23(19(20)26)10-9-22-11-13-27-14-12-22/h1-3,6H,4-5,7-16H2. The quantitative estimate of drug-likeness (QED) is 0.658. The fraction of sp³-hybridized carbons (Fsp3) is 0.650. The molecular formula is C20H28N4O3S. The molecule has 0 aromatic carbocycles. The maximum absolute atomic E-state index is 13.1. The van der Waals surface area contributed by atoms with Crippen molar-refractivity contribution in [1.82, 2.24) is 19.7 Å². The van der Waals surface area contributed by atoms with Crippen molar-refractivity contribution in [2.75, 3.05) is 64.8 Å². The van der Waals surface area contributed by atoms with Crippen LogP contribution in [0.3, 0.4) is 0 Å². The average Bonchev–Trinajstić information content (AvgIpc) is 3.31. The third-order valence-electron chi connectivity index (χ3n) is 6.08. The molecule has 3 saturated heterocycles. The Hall–Kier alpha value is -1.64. The lowest BCUT2D eigenvalue weighted by Gasteiger charge is -2.29. The molecule has 1 unspecified atom stereocenters. The van der Waals surface area contributed by atoms with Gasteiger partial charge in [-0.15, -0.1) is 0 Å². The van der Waals surface area contributed by atoms with E-state index in [-0.39, 0.29) is 17.2 Å². The SMILES string of the molecule is O=C(CSc1ccccn1)N1CCC2(CCN(CCN3CCOCC3)C2=O)C1. The Bertz CT molecular complexity index is 698. The average molecular weight is 405 g/mol. The molecule has 1 atom stereocenters. The van der Waals surface area contributed by atoms with Crippen molar-refractivity contribution in [3.05, 3.63) is 24.4 Å². The number of carbonyl (C=O) groups excluding carboxylic acids is 2. The normalized spacial score (nSPS) is 25.8. The molecule has 8 heteroatoms. The largest absolute Gasteiger partial charge is 0.379 e. The number of rotatable bonds is 6. The first-order valence-corrected chi connectivity index (χ1v) is 11.1. The summed E-state index contributed by atoms with van der Waals surface area (Å²) in [6.07, 6.45) is 3.40. The first-order chi connectivity index (χ1) is 13.7. The van der Waals surface area contributed by atoms with Gasteiger partial charge in [0.15, 0.2) is 0 Å². The van der Waals surface area contributed by atoms with Crippen molar-refractivity contribution in [3.8, 4) is 0 Å². The fourth-order valence-corrected chi connectivity index (χ4v) is 5.08. The second-order valence-electron chi connectivity index (χ2n) is 7.80. The van der Waals surface area contributed by atoms with Crippen molar-refractivity contribution in [2.45, 2.75) is 17.9 Å². The molecule has 7 nitrogen and oxygen atoms in total. The van der Waals surface area contributed by atoms with Crippen LogP contribution < -0.4 is 0 Å². The maximum atomic E-state index is 13.1. The summed E-state index contributed by atoms with van der Waals surface area (Å²) in [6.45, 7) is 7.22. The minimum Gasteiger partial charge on any atom is -0.379 e. The number of hydrogen-bond donors (Lipinski definition) is 0. The highest BCUT2D eigenvalue weighted by molar-refractivity contribution is 7.99. The summed E-state index contributed by atoms with van der Waals surface area (Å²) in [5.74, 6) is 0.725. The predicted octanol–water partition coefficient (Wildman–Crippen LogP) is 0.957. The van der Waals surface area contributed by atoms with E-state index in [9.17, 15) is 9.59 Å². The number of nitrogens with zero attached hydrogens (tertiary/aromatic N) is 4. The van der Waals surface area contributed by atoms with Crippen LogP contribution in [-0.4, -0.2) is 96.3 Å². The van der Waals surface area contributed by atoms with Crippen LogP contribution in [0.5, 0.6) is 0 Å². The Labute approximate surface area is 170 Å². The molecule has 152 valence electrons. The number of morpholine rings is 1. The van der Waals surface area contributed by atoms with E-state index >= 15 is 0 Å². The minimum absolute atomic E-state index is 0.104. The number of ether oxygens (including phenoxy) is 1. The minimum atomic E-state index is -0.351. The molecule has 3 aliphatic rings. The highest BCUT2D eigenvalue weighted by Crippen LogP contribution is 2.40. The number of pyridine rings is 1. The van der Waals surface area contributed by atoms with Gasteiger partial charge < -0.3 is 14.5 Å². The summed E-state index contributed by atoms with van der Waals surface area (Å²) in [5, 5.41) is 0.857. The Balaban J connectivity index is 1.26. The van der Waals surface area contributed by atoms with E-state index in [1.807, 2.05) is 28.0 Å². The van der Waals surface area contributed by atoms with Gasteiger partial charge in [0.25, 0.3) is 0 Å². The first kappa shape index (κ1) is 19.7. The Morgan fingerprint density at radius 3 is 2.75 bits per heavy atom. The van der Waals surface area contributed by atoms with Crippen LogP contribution in [0.2, 0.25) is 0 Å². The molecule has 0 radical (unpaired) electrons. The second-order valence-corrected chi connectivity index (χ2v) is 8.79. The van der Waals surface area contributed by atoms with E-state index < -0.39 is 0 Å². The van der Waals surface area contributed by atoms with E-state index in [1.54, 1.807) is 6.20 Å². The van der Waals surface area contributed by atoms with E-state index in [1.165, 1.54) is 11.8 Å². The Kier molecular flexibility index (Phi) is 6.18. The topological polar surface area (TPSA) is 66.0 Å². The van der Waals surface area contributed by atoms with Gasteiger partial charge in [0, 0.05) is 52.0 Å². The van der Waals surface area contributed by atoms with Crippen LogP contribution in [0, 0.1) is 5.41 Å². The molecule has 3 fully saturated rings. The number of thioether (sulfide) groups is 1. The summed E-state index contributed by atoms with van der Waals surface area (Å²) >= 11 is 1.46. The van der Waals surface area contributed by atoms with Gasteiger partial charge in [-0.3, -0.25) is 14.5 Å². The van der Waals surface area contributed by atoms with Crippen molar-refractivity contribution < 1.29 is 14.3 Å². The molecule has 0 saturated carbocycles. The van der Waals surface area contributed by atoms with Gasteiger partial charge in [-0.05, 0) is 25.0 Å². The van der Waals surface area contributed by atoms with E-state index in [4.69, 9.17) is 4.74 Å². The molecule has 4 rings (SSSR count). The number of likely N-dealkylation sites (tertiary alicyclic amines) is 2. The molecule has 0 bridgehead atoms. The highest BCUT2D eigenvalue weighted by atomic mass is 32.2. The van der Waals surface area contributed by atoms with Gasteiger partial charge in [0.2, 0.25) is 11.8 Å². The van der Waals surface area contributed by atoms with Gasteiger partial charge >= 0.3 is 0 Å². The third-order valence-corrected chi connectivity index (χ3v) is 7.01. The fourth-order valence-electron chi connectivity index (χ4n) is 4.32. The van der Waals surface area contributed by atoms with E-state index in [2.05, 4.69) is 9.88 Å². The number of carbonyl (C=O) groups is 2. The van der Waals surface area contributed by atoms with Crippen LogP contribution in [0.4, 0.5) is 0 Å². The summed E-state index contributed by atoms with van der Waals surface area (Å²) in [7, 11) is 0. The van der Waals surface area contributed by atoms with Crippen molar-refractivity contribution in [1.29, 1.82) is 0 Å². The van der Waals surface area contributed by atoms with Gasteiger partial charge in [0.1, 0.15) is 0 Å². The zero-order valence-electron chi connectivity index (χ0n) is 16.2. The number of hydrogen-bond acceptors (Lipinski definition) is 6. The highest BCUT2D eigenvalue weighted by Gasteiger charge is 2.51. The molecule has 0 N–H and O–H groups in total. The van der Waals surface area contributed by atoms with Gasteiger partial charge in [0.05, 0.1) is 29.4 Å². The third kappa shape index (κ3) is 4.34. The Morgan fingerprint density at radius 2 is 1.96 bits per heavy atom. The first-order valence-electron chi connectivity index (χ1n) is 10.1. The molecule has 3 aliphatic heterocycles. The molecule has 28 heavy (non-hydrogen) atoms. The van der Waals surface area contributed by atoms with Crippen molar-refractivity contribution in [3.63, 3.8) is 0 Å². The van der Waals surface area contributed by atoms with Crippen LogP contribution >= 0.6 is 11.8 Å². The van der Waals surface area contributed by atoms with Crippen molar-refractivity contribution in [2.24, 2.45) is 5.41 Å². The van der Waals surface area contributed by atoms with Crippen molar-refractivity contribution >= 4 is 23.6 Å².